The number of fused-ring (bicyclic) bond motifs is 1. The van der Waals surface area contributed by atoms with Crippen LogP contribution in [0.5, 0.6) is 5.75 Å². The standard InChI is InChI=1S/C32H39N3O3S/c1-20-28(24-7-5-6-8-26(24)33-20)29-25(31(29,2)3)19-27(36)35(22-11-12-22)32(15-17-39-18-16-32)30(37)34-21-9-13-23(38-4)14-10-21/h5-10,13-14,22,25,29,33H,11-12,15-19H2,1-4H3,(H,34,37)/t25-,29+/m1/s1. The number of aryl methyl sites for hydroxylation is 1. The average molecular weight is 546 g/mol. The molecular weight excluding hydrogens is 506 g/mol. The van der Waals surface area contributed by atoms with Crippen LogP contribution in [0.25, 0.3) is 10.9 Å². The monoisotopic (exact) mass is 545 g/mol. The normalized spacial score (nSPS) is 23.3. The molecule has 1 aliphatic heterocycles. The number of ether oxygens (including phenoxy) is 1. The van der Waals surface area contributed by atoms with Gasteiger partial charge in [-0.1, -0.05) is 32.0 Å². The molecule has 2 saturated carbocycles. The topological polar surface area (TPSA) is 74.4 Å². The number of amides is 2. The molecule has 6 rings (SSSR count). The van der Waals surface area contributed by atoms with Crippen molar-refractivity contribution in [2.75, 3.05) is 23.9 Å². The summed E-state index contributed by atoms with van der Waals surface area (Å²) in [4.78, 5) is 33.9. The van der Waals surface area contributed by atoms with E-state index in [0.717, 1.165) is 41.3 Å². The third-order valence-electron chi connectivity index (χ3n) is 9.43. The predicted molar refractivity (Wildman–Crippen MR) is 158 cm³/mol. The van der Waals surface area contributed by atoms with Gasteiger partial charge < -0.3 is 19.9 Å². The van der Waals surface area contributed by atoms with Crippen LogP contribution < -0.4 is 10.1 Å². The summed E-state index contributed by atoms with van der Waals surface area (Å²) in [6, 6.07) is 16.1. The number of H-pyrrole nitrogens is 1. The number of anilines is 1. The summed E-state index contributed by atoms with van der Waals surface area (Å²) in [5, 5.41) is 4.43. The molecular formula is C32H39N3O3S. The smallest absolute Gasteiger partial charge is 0.250 e. The molecule has 2 heterocycles. The lowest BCUT2D eigenvalue weighted by Gasteiger charge is -2.45. The van der Waals surface area contributed by atoms with Crippen LogP contribution in [0.3, 0.4) is 0 Å². The van der Waals surface area contributed by atoms with Crippen molar-refractivity contribution < 1.29 is 14.3 Å². The van der Waals surface area contributed by atoms with Gasteiger partial charge >= 0.3 is 0 Å². The fourth-order valence-electron chi connectivity index (χ4n) is 7.02. The van der Waals surface area contributed by atoms with Crippen LogP contribution in [0, 0.1) is 18.3 Å². The molecule has 3 fully saturated rings. The molecule has 3 aromatic rings. The molecule has 2 aromatic carbocycles. The minimum absolute atomic E-state index is 0.0293. The number of thioether (sulfide) groups is 1. The Kier molecular flexibility index (Phi) is 6.69. The maximum Gasteiger partial charge on any atom is 0.250 e. The van der Waals surface area contributed by atoms with Crippen molar-refractivity contribution in [3.05, 3.63) is 59.8 Å². The summed E-state index contributed by atoms with van der Waals surface area (Å²) in [6.07, 6.45) is 3.84. The van der Waals surface area contributed by atoms with Crippen LogP contribution in [0.4, 0.5) is 5.69 Å². The Morgan fingerprint density at radius 2 is 1.77 bits per heavy atom. The van der Waals surface area contributed by atoms with Crippen molar-refractivity contribution in [2.24, 2.45) is 11.3 Å². The van der Waals surface area contributed by atoms with Crippen molar-refractivity contribution in [1.29, 1.82) is 0 Å². The highest BCUT2D eigenvalue weighted by atomic mass is 32.2. The van der Waals surface area contributed by atoms with Crippen LogP contribution >= 0.6 is 11.8 Å². The Balaban J connectivity index is 1.27. The molecule has 1 aromatic heterocycles. The van der Waals surface area contributed by atoms with Crippen molar-refractivity contribution >= 4 is 40.2 Å². The molecule has 6 nitrogen and oxygen atoms in total. The van der Waals surface area contributed by atoms with E-state index in [9.17, 15) is 9.59 Å². The molecule has 206 valence electrons. The summed E-state index contributed by atoms with van der Waals surface area (Å²) < 4.78 is 5.28. The maximum absolute atomic E-state index is 14.3. The Morgan fingerprint density at radius 1 is 1.08 bits per heavy atom. The Morgan fingerprint density at radius 3 is 2.44 bits per heavy atom. The lowest BCUT2D eigenvalue weighted by molar-refractivity contribution is -0.147. The minimum Gasteiger partial charge on any atom is -0.497 e. The SMILES string of the molecule is COc1ccc(NC(=O)C2(N(C(=O)C[C@@H]3[C@@H](c4c(C)[nH]c5ccccc45)C3(C)C)C3CC3)CCSCC2)cc1. The summed E-state index contributed by atoms with van der Waals surface area (Å²) in [7, 11) is 1.63. The van der Waals surface area contributed by atoms with Gasteiger partial charge in [0, 0.05) is 34.7 Å². The number of nitrogens with one attached hydrogen (secondary N) is 2. The molecule has 2 amide bonds. The number of carbonyl (C=O) groups is 2. The second-order valence-corrected chi connectivity index (χ2v) is 13.4. The minimum atomic E-state index is -0.797. The van der Waals surface area contributed by atoms with Crippen LogP contribution in [0.1, 0.15) is 63.1 Å². The summed E-state index contributed by atoms with van der Waals surface area (Å²) in [5.41, 5.74) is 3.68. The Labute approximate surface area is 235 Å². The van der Waals surface area contributed by atoms with Crippen LogP contribution in [0.2, 0.25) is 0 Å². The Hall–Kier alpha value is -2.93. The number of benzene rings is 2. The first kappa shape index (κ1) is 26.3. The van der Waals surface area contributed by atoms with E-state index in [4.69, 9.17) is 4.74 Å². The molecule has 0 spiro atoms. The molecule has 2 atom stereocenters. The highest BCUT2D eigenvalue weighted by Crippen LogP contribution is 2.67. The first-order chi connectivity index (χ1) is 18.8. The number of aromatic amines is 1. The number of para-hydroxylation sites is 1. The molecule has 3 aliphatic rings. The van der Waals surface area contributed by atoms with Gasteiger partial charge in [-0.25, -0.2) is 0 Å². The van der Waals surface area contributed by atoms with Crippen molar-refractivity contribution in [2.45, 2.75) is 70.4 Å². The third-order valence-corrected chi connectivity index (χ3v) is 10.4. The molecule has 1 saturated heterocycles. The van der Waals surface area contributed by atoms with Gasteiger partial charge in [0.25, 0.3) is 0 Å². The molecule has 2 aliphatic carbocycles. The molecule has 7 heteroatoms. The Bertz CT molecular complexity index is 1390. The highest BCUT2D eigenvalue weighted by molar-refractivity contribution is 7.99. The van der Waals surface area contributed by atoms with E-state index in [-0.39, 0.29) is 29.2 Å². The van der Waals surface area contributed by atoms with E-state index in [1.807, 2.05) is 40.9 Å². The molecule has 0 bridgehead atoms. The van der Waals surface area contributed by atoms with E-state index in [2.05, 4.69) is 55.3 Å². The van der Waals surface area contributed by atoms with Gasteiger partial charge in [-0.05, 0) is 97.3 Å². The van der Waals surface area contributed by atoms with Gasteiger partial charge in [0.2, 0.25) is 11.8 Å². The van der Waals surface area contributed by atoms with Gasteiger partial charge in [0.1, 0.15) is 11.3 Å². The molecule has 39 heavy (non-hydrogen) atoms. The van der Waals surface area contributed by atoms with E-state index < -0.39 is 5.54 Å². The molecule has 0 radical (unpaired) electrons. The summed E-state index contributed by atoms with van der Waals surface area (Å²) >= 11 is 1.88. The van der Waals surface area contributed by atoms with E-state index >= 15 is 0 Å². The average Bonchev–Trinajstić information content (AvgIpc) is 3.82. The van der Waals surface area contributed by atoms with Crippen molar-refractivity contribution in [3.8, 4) is 5.75 Å². The third kappa shape index (κ3) is 4.62. The number of carbonyl (C=O) groups excluding carboxylic acids is 2. The number of methoxy groups -OCH3 is 1. The van der Waals surface area contributed by atoms with E-state index in [1.54, 1.807) is 7.11 Å². The zero-order chi connectivity index (χ0) is 27.4. The number of aromatic nitrogens is 1. The van der Waals surface area contributed by atoms with Gasteiger partial charge in [-0.2, -0.15) is 11.8 Å². The summed E-state index contributed by atoms with van der Waals surface area (Å²) in [5.74, 6) is 3.20. The van der Waals surface area contributed by atoms with Crippen LogP contribution in [0.15, 0.2) is 48.5 Å². The van der Waals surface area contributed by atoms with Gasteiger partial charge in [0.15, 0.2) is 0 Å². The second kappa shape index (κ2) is 9.92. The molecule has 0 unspecified atom stereocenters. The lowest BCUT2D eigenvalue weighted by Crippen LogP contribution is -2.61. The van der Waals surface area contributed by atoms with E-state index in [1.165, 1.54) is 16.6 Å². The zero-order valence-electron chi connectivity index (χ0n) is 23.4. The number of hydrogen-bond donors (Lipinski definition) is 2. The van der Waals surface area contributed by atoms with Gasteiger partial charge in [-0.3, -0.25) is 9.59 Å². The van der Waals surface area contributed by atoms with Crippen molar-refractivity contribution in [1.82, 2.24) is 9.88 Å². The maximum atomic E-state index is 14.3. The van der Waals surface area contributed by atoms with Gasteiger partial charge in [0.05, 0.1) is 7.11 Å². The van der Waals surface area contributed by atoms with Gasteiger partial charge in [-0.15, -0.1) is 0 Å². The second-order valence-electron chi connectivity index (χ2n) is 12.1. The number of nitrogens with zero attached hydrogens (tertiary/aromatic N) is 1. The fourth-order valence-corrected chi connectivity index (χ4v) is 8.18. The fraction of sp³-hybridized carbons (Fsp3) is 0.500. The zero-order valence-corrected chi connectivity index (χ0v) is 24.2. The quantitative estimate of drug-likeness (QED) is 0.338. The predicted octanol–water partition coefficient (Wildman–Crippen LogP) is 6.51. The van der Waals surface area contributed by atoms with Crippen LogP contribution in [-0.2, 0) is 9.59 Å². The first-order valence-electron chi connectivity index (χ1n) is 14.2. The number of hydrogen-bond acceptors (Lipinski definition) is 4. The summed E-state index contributed by atoms with van der Waals surface area (Å²) in [6.45, 7) is 6.74. The van der Waals surface area contributed by atoms with Crippen LogP contribution in [-0.4, -0.2) is 51.9 Å². The molecule has 2 N–H and O–H groups in total. The van der Waals surface area contributed by atoms with E-state index in [0.29, 0.717) is 25.2 Å². The van der Waals surface area contributed by atoms with Crippen molar-refractivity contribution in [3.63, 3.8) is 0 Å². The largest absolute Gasteiger partial charge is 0.497 e. The highest BCUT2D eigenvalue weighted by Gasteiger charge is 2.61. The first-order valence-corrected chi connectivity index (χ1v) is 15.3. The lowest BCUT2D eigenvalue weighted by atomic mass is 9.87. The number of rotatable bonds is 8.